The Hall–Kier alpha value is -4.14. The van der Waals surface area contributed by atoms with Crippen LogP contribution >= 0.6 is 0 Å². The van der Waals surface area contributed by atoms with Crippen LogP contribution in [0.3, 0.4) is 0 Å². The van der Waals surface area contributed by atoms with Crippen LogP contribution in [-0.2, 0) is 16.6 Å². The largest absolute Gasteiger partial charge is 0.480 e. The molecule has 1 aliphatic rings. The number of fused-ring (bicyclic) bond motifs is 3. The molecule has 9 heteroatoms. The van der Waals surface area contributed by atoms with Crippen LogP contribution in [0.2, 0.25) is 0 Å². The molecule has 1 aromatic heterocycles. The number of aryl methyl sites for hydroxylation is 1. The highest BCUT2D eigenvalue weighted by Gasteiger charge is 2.29. The lowest BCUT2D eigenvalue weighted by Crippen LogP contribution is -2.40. The lowest BCUT2D eigenvalue weighted by atomic mass is 9.98. The molecule has 1 heterocycles. The van der Waals surface area contributed by atoms with Gasteiger partial charge in [0.1, 0.15) is 18.2 Å². The van der Waals surface area contributed by atoms with Crippen LogP contribution in [0.5, 0.6) is 0 Å². The summed E-state index contributed by atoms with van der Waals surface area (Å²) in [5, 5.41) is 18.6. The number of hydrogen-bond donors (Lipinski definition) is 3. The summed E-state index contributed by atoms with van der Waals surface area (Å²) in [6.07, 6.45) is 2.46. The van der Waals surface area contributed by atoms with Crippen LogP contribution in [-0.4, -0.2) is 45.5 Å². The van der Waals surface area contributed by atoms with Crippen molar-refractivity contribution in [2.45, 2.75) is 38.1 Å². The number of anilines is 1. The first-order valence-electron chi connectivity index (χ1n) is 11.6. The first kappa shape index (κ1) is 24.0. The third kappa shape index (κ3) is 5.18. The summed E-state index contributed by atoms with van der Waals surface area (Å²) in [6, 6.07) is 15.0. The van der Waals surface area contributed by atoms with Crippen molar-refractivity contribution in [3.63, 3.8) is 0 Å². The number of amides is 2. The lowest BCUT2D eigenvalue weighted by Gasteiger charge is -2.15. The number of nitrogens with one attached hydrogen (secondary N) is 2. The van der Waals surface area contributed by atoms with Crippen LogP contribution in [0.15, 0.2) is 54.7 Å². The van der Waals surface area contributed by atoms with Crippen LogP contribution < -0.4 is 10.6 Å². The summed E-state index contributed by atoms with van der Waals surface area (Å²) >= 11 is 0. The van der Waals surface area contributed by atoms with Crippen molar-refractivity contribution in [2.24, 2.45) is 7.05 Å². The van der Waals surface area contributed by atoms with Gasteiger partial charge in [0.2, 0.25) is 0 Å². The molecule has 0 spiro atoms. The van der Waals surface area contributed by atoms with Crippen molar-refractivity contribution >= 4 is 23.8 Å². The molecule has 4 rings (SSSR count). The monoisotopic (exact) mass is 476 g/mol. The first-order valence-corrected chi connectivity index (χ1v) is 11.6. The van der Waals surface area contributed by atoms with Crippen LogP contribution in [0.4, 0.5) is 10.6 Å². The highest BCUT2D eigenvalue weighted by molar-refractivity contribution is 6.02. The van der Waals surface area contributed by atoms with Gasteiger partial charge >= 0.3 is 12.1 Å². The van der Waals surface area contributed by atoms with E-state index in [9.17, 15) is 19.5 Å². The SMILES string of the molecule is CCCC[C@H](NC(=O)c1cn(C)nc1NC(=O)OCC1c2ccccc2-c2ccccc21)C(=O)O. The number of benzene rings is 2. The minimum absolute atomic E-state index is 0.00172. The highest BCUT2D eigenvalue weighted by atomic mass is 16.5. The number of carbonyl (C=O) groups excluding carboxylic acids is 2. The predicted octanol–water partition coefficient (Wildman–Crippen LogP) is 4.15. The molecule has 0 aliphatic heterocycles. The smallest absolute Gasteiger partial charge is 0.412 e. The van der Waals surface area contributed by atoms with Gasteiger partial charge in [-0.3, -0.25) is 14.8 Å². The minimum atomic E-state index is -1.11. The summed E-state index contributed by atoms with van der Waals surface area (Å²) in [4.78, 5) is 36.9. The quantitative estimate of drug-likeness (QED) is 0.426. The zero-order valence-electron chi connectivity index (χ0n) is 19.7. The Balaban J connectivity index is 1.43. The Morgan fingerprint density at radius 2 is 1.71 bits per heavy atom. The Kier molecular flexibility index (Phi) is 7.14. The van der Waals surface area contributed by atoms with E-state index in [1.807, 2.05) is 43.3 Å². The van der Waals surface area contributed by atoms with Crippen LogP contribution in [0.1, 0.15) is 53.6 Å². The van der Waals surface area contributed by atoms with E-state index in [0.29, 0.717) is 12.8 Å². The van der Waals surface area contributed by atoms with E-state index in [1.165, 1.54) is 10.9 Å². The van der Waals surface area contributed by atoms with Gasteiger partial charge in [-0.2, -0.15) is 5.10 Å². The number of carboxylic acid groups (broad SMARTS) is 1. The Morgan fingerprint density at radius 1 is 1.09 bits per heavy atom. The number of unbranched alkanes of at least 4 members (excludes halogenated alkanes) is 1. The van der Waals surface area contributed by atoms with Gasteiger partial charge in [-0.25, -0.2) is 9.59 Å². The second-order valence-corrected chi connectivity index (χ2v) is 8.52. The molecule has 0 saturated carbocycles. The third-order valence-electron chi connectivity index (χ3n) is 6.09. The number of aliphatic carboxylic acids is 1. The summed E-state index contributed by atoms with van der Waals surface area (Å²) in [5.41, 5.74) is 4.48. The van der Waals surface area contributed by atoms with Crippen LogP contribution in [0.25, 0.3) is 11.1 Å². The summed E-state index contributed by atoms with van der Waals surface area (Å²) < 4.78 is 6.91. The molecule has 0 fully saturated rings. The number of ether oxygens (including phenoxy) is 1. The van der Waals surface area contributed by atoms with Gasteiger partial charge in [-0.05, 0) is 28.7 Å². The molecule has 0 radical (unpaired) electrons. The number of rotatable bonds is 9. The van der Waals surface area contributed by atoms with E-state index >= 15 is 0 Å². The predicted molar refractivity (Wildman–Crippen MR) is 130 cm³/mol. The summed E-state index contributed by atoms with van der Waals surface area (Å²) in [5.74, 6) is -1.84. The van der Waals surface area contributed by atoms with Crippen molar-refractivity contribution in [1.29, 1.82) is 0 Å². The van der Waals surface area contributed by atoms with E-state index in [-0.39, 0.29) is 23.9 Å². The average Bonchev–Trinajstić information content (AvgIpc) is 3.37. The van der Waals surface area contributed by atoms with Gasteiger partial charge in [0.15, 0.2) is 5.82 Å². The maximum absolute atomic E-state index is 12.8. The van der Waals surface area contributed by atoms with E-state index < -0.39 is 24.0 Å². The summed E-state index contributed by atoms with van der Waals surface area (Å²) in [7, 11) is 1.60. The Bertz CT molecular complexity index is 1210. The topological polar surface area (TPSA) is 123 Å². The molecule has 2 aromatic carbocycles. The van der Waals surface area contributed by atoms with E-state index in [1.54, 1.807) is 7.05 Å². The third-order valence-corrected chi connectivity index (χ3v) is 6.09. The fourth-order valence-corrected chi connectivity index (χ4v) is 4.38. The fourth-order valence-electron chi connectivity index (χ4n) is 4.38. The standard InChI is InChI=1S/C26H28N4O5/c1-3-4-13-22(25(32)33)27-24(31)20-14-30(2)29-23(20)28-26(34)35-15-21-18-11-7-5-9-16(18)17-10-6-8-12-19(17)21/h5-12,14,21-22H,3-4,13,15H2,1-2H3,(H,27,31)(H,32,33)(H,28,29,34)/t22-/m0/s1. The number of hydrogen-bond acceptors (Lipinski definition) is 5. The second-order valence-electron chi connectivity index (χ2n) is 8.52. The number of carboxylic acids is 1. The van der Waals surface area contributed by atoms with Crippen molar-refractivity contribution in [3.05, 3.63) is 71.4 Å². The Labute approximate surface area is 203 Å². The van der Waals surface area contributed by atoms with Gasteiger partial charge in [0, 0.05) is 19.2 Å². The molecule has 0 bridgehead atoms. The zero-order valence-corrected chi connectivity index (χ0v) is 19.7. The van der Waals surface area contributed by atoms with E-state index in [0.717, 1.165) is 28.7 Å². The highest BCUT2D eigenvalue weighted by Crippen LogP contribution is 2.44. The molecule has 35 heavy (non-hydrogen) atoms. The van der Waals surface area contributed by atoms with Crippen molar-refractivity contribution in [3.8, 4) is 11.1 Å². The zero-order chi connectivity index (χ0) is 24.9. The van der Waals surface area contributed by atoms with Crippen molar-refractivity contribution in [1.82, 2.24) is 15.1 Å². The molecule has 1 atom stereocenters. The maximum atomic E-state index is 12.8. The molecule has 0 unspecified atom stereocenters. The van der Waals surface area contributed by atoms with Crippen molar-refractivity contribution in [2.75, 3.05) is 11.9 Å². The number of carbonyl (C=O) groups is 3. The molecular formula is C26H28N4O5. The number of nitrogens with zero attached hydrogens (tertiary/aromatic N) is 2. The normalized spacial score (nSPS) is 13.0. The minimum Gasteiger partial charge on any atom is -0.480 e. The Morgan fingerprint density at radius 3 is 2.31 bits per heavy atom. The fraction of sp³-hybridized carbons (Fsp3) is 0.308. The molecule has 1 aliphatic carbocycles. The van der Waals surface area contributed by atoms with Gasteiger partial charge in [0.25, 0.3) is 5.91 Å². The van der Waals surface area contributed by atoms with Gasteiger partial charge in [0.05, 0.1) is 0 Å². The van der Waals surface area contributed by atoms with E-state index in [2.05, 4.69) is 27.9 Å². The lowest BCUT2D eigenvalue weighted by molar-refractivity contribution is -0.139. The van der Waals surface area contributed by atoms with Gasteiger partial charge in [-0.1, -0.05) is 68.3 Å². The van der Waals surface area contributed by atoms with Crippen LogP contribution in [0, 0.1) is 0 Å². The second kappa shape index (κ2) is 10.4. The van der Waals surface area contributed by atoms with Gasteiger partial charge < -0.3 is 15.2 Å². The summed E-state index contributed by atoms with van der Waals surface area (Å²) in [6.45, 7) is 2.06. The number of aromatic nitrogens is 2. The molecule has 0 saturated heterocycles. The molecular weight excluding hydrogens is 448 g/mol. The average molecular weight is 477 g/mol. The van der Waals surface area contributed by atoms with E-state index in [4.69, 9.17) is 4.74 Å². The molecule has 3 aromatic rings. The van der Waals surface area contributed by atoms with Gasteiger partial charge in [-0.15, -0.1) is 0 Å². The molecule has 182 valence electrons. The maximum Gasteiger partial charge on any atom is 0.412 e. The first-order chi connectivity index (χ1) is 16.9. The molecule has 2 amide bonds. The van der Waals surface area contributed by atoms with Crippen molar-refractivity contribution < 1.29 is 24.2 Å². The molecule has 3 N–H and O–H groups in total. The molecule has 9 nitrogen and oxygen atoms in total.